The number of aryl methyl sites for hydroxylation is 1. The smallest absolute Gasteiger partial charge is 0.254 e. The topological polar surface area (TPSA) is 94.5 Å². The molecular weight excluding hydrogens is 416 g/mol. The van der Waals surface area contributed by atoms with Crippen molar-refractivity contribution in [2.45, 2.75) is 6.92 Å². The molecule has 1 aromatic carbocycles. The molecule has 3 aromatic heterocycles. The van der Waals surface area contributed by atoms with E-state index in [1.165, 1.54) is 0 Å². The van der Waals surface area contributed by atoms with Crippen LogP contribution in [0.5, 0.6) is 0 Å². The van der Waals surface area contributed by atoms with Gasteiger partial charge in [-0.3, -0.25) is 9.89 Å². The van der Waals surface area contributed by atoms with Crippen molar-refractivity contribution in [3.05, 3.63) is 64.9 Å². The van der Waals surface area contributed by atoms with Gasteiger partial charge < -0.3 is 15.1 Å². The molecule has 4 heterocycles. The van der Waals surface area contributed by atoms with Crippen LogP contribution in [-0.4, -0.2) is 61.8 Å². The quantitative estimate of drug-likeness (QED) is 0.510. The molecule has 1 fully saturated rings. The second-order valence-corrected chi connectivity index (χ2v) is 7.89. The summed E-state index contributed by atoms with van der Waals surface area (Å²) in [6.45, 7) is 4.39. The van der Waals surface area contributed by atoms with Crippen LogP contribution in [0.4, 0.5) is 17.6 Å². The number of hydrogen-bond acceptors (Lipinski definition) is 6. The van der Waals surface area contributed by atoms with Crippen LogP contribution >= 0.6 is 11.6 Å². The maximum absolute atomic E-state index is 12.8. The van der Waals surface area contributed by atoms with Gasteiger partial charge in [0.05, 0.1) is 0 Å². The summed E-state index contributed by atoms with van der Waals surface area (Å²) in [4.78, 5) is 21.5. The minimum absolute atomic E-state index is 0.0137. The van der Waals surface area contributed by atoms with Crippen LogP contribution in [0, 0.1) is 6.92 Å². The fourth-order valence-electron chi connectivity index (χ4n) is 3.67. The first-order valence-electron chi connectivity index (χ1n) is 10.0. The number of nitrogens with zero attached hydrogens (tertiary/aromatic N) is 6. The number of H-pyrrole nitrogens is 1. The van der Waals surface area contributed by atoms with E-state index >= 15 is 0 Å². The summed E-state index contributed by atoms with van der Waals surface area (Å²) in [6.07, 6.45) is 1.89. The van der Waals surface area contributed by atoms with E-state index in [0.29, 0.717) is 54.3 Å². The Kier molecular flexibility index (Phi) is 4.95. The Hall–Kier alpha value is -3.59. The predicted octanol–water partition coefficient (Wildman–Crippen LogP) is 3.12. The first-order valence-corrected chi connectivity index (χ1v) is 10.4. The highest BCUT2D eigenvalue weighted by Gasteiger charge is 2.24. The highest BCUT2D eigenvalue weighted by molar-refractivity contribution is 6.30. The van der Waals surface area contributed by atoms with Gasteiger partial charge in [0.25, 0.3) is 5.91 Å². The zero-order valence-corrected chi connectivity index (χ0v) is 17.7. The molecule has 0 aliphatic carbocycles. The number of aromatic nitrogens is 5. The van der Waals surface area contributed by atoms with Crippen molar-refractivity contribution in [2.24, 2.45) is 0 Å². The van der Waals surface area contributed by atoms with Crippen LogP contribution < -0.4 is 10.2 Å². The van der Waals surface area contributed by atoms with Gasteiger partial charge in [0.15, 0.2) is 11.6 Å². The van der Waals surface area contributed by atoms with Gasteiger partial charge in [-0.1, -0.05) is 17.7 Å². The molecule has 9 nitrogen and oxygen atoms in total. The maximum atomic E-state index is 12.8. The molecule has 158 valence electrons. The first-order chi connectivity index (χ1) is 15.1. The maximum Gasteiger partial charge on any atom is 0.254 e. The molecule has 1 aliphatic rings. The molecule has 1 amide bonds. The van der Waals surface area contributed by atoms with Gasteiger partial charge in [-0.05, 0) is 37.3 Å². The lowest BCUT2D eigenvalue weighted by Gasteiger charge is -2.34. The predicted molar refractivity (Wildman–Crippen MR) is 119 cm³/mol. The number of carbonyl (C=O) groups is 1. The lowest BCUT2D eigenvalue weighted by Crippen LogP contribution is -2.49. The van der Waals surface area contributed by atoms with Crippen molar-refractivity contribution in [1.29, 1.82) is 0 Å². The summed E-state index contributed by atoms with van der Waals surface area (Å²) < 4.78 is 1.80. The number of piperazine rings is 1. The number of fused-ring (bicyclic) bond motifs is 1. The fourth-order valence-corrected chi connectivity index (χ4v) is 3.86. The van der Waals surface area contributed by atoms with Crippen LogP contribution in [0.15, 0.2) is 48.7 Å². The van der Waals surface area contributed by atoms with E-state index in [0.717, 1.165) is 11.2 Å². The van der Waals surface area contributed by atoms with Gasteiger partial charge in [-0.15, -0.1) is 5.10 Å². The van der Waals surface area contributed by atoms with Crippen molar-refractivity contribution in [1.82, 2.24) is 29.7 Å². The Morgan fingerprint density at radius 3 is 2.71 bits per heavy atom. The zero-order valence-electron chi connectivity index (χ0n) is 16.9. The van der Waals surface area contributed by atoms with E-state index in [1.807, 2.05) is 36.2 Å². The Morgan fingerprint density at radius 1 is 1.13 bits per heavy atom. The van der Waals surface area contributed by atoms with Crippen LogP contribution in [0.2, 0.25) is 5.02 Å². The molecule has 1 saturated heterocycles. The monoisotopic (exact) mass is 436 g/mol. The number of hydrogen-bond donors (Lipinski definition) is 2. The summed E-state index contributed by atoms with van der Waals surface area (Å²) >= 11 is 6.03. The fraction of sp³-hybridized carbons (Fsp3) is 0.238. The molecule has 0 bridgehead atoms. The van der Waals surface area contributed by atoms with Gasteiger partial charge in [0.1, 0.15) is 5.52 Å². The SMILES string of the molecule is Cc1cc(Nc2nc(N3CCN(C(=O)c4cccc(Cl)c4)CC3)nn3cccc23)n[nH]1. The molecule has 10 heteroatoms. The molecule has 4 aromatic rings. The number of benzene rings is 1. The van der Waals surface area contributed by atoms with E-state index < -0.39 is 0 Å². The Morgan fingerprint density at radius 2 is 1.97 bits per heavy atom. The highest BCUT2D eigenvalue weighted by Crippen LogP contribution is 2.23. The summed E-state index contributed by atoms with van der Waals surface area (Å²) in [5.41, 5.74) is 2.43. The van der Waals surface area contributed by atoms with E-state index in [4.69, 9.17) is 16.6 Å². The molecule has 0 atom stereocenters. The number of aromatic amines is 1. The number of rotatable bonds is 4. The van der Waals surface area contributed by atoms with Crippen LogP contribution in [-0.2, 0) is 0 Å². The Bertz CT molecular complexity index is 1240. The second kappa shape index (κ2) is 7.92. The van der Waals surface area contributed by atoms with Crippen LogP contribution in [0.3, 0.4) is 0 Å². The lowest BCUT2D eigenvalue weighted by molar-refractivity contribution is 0.0746. The van der Waals surface area contributed by atoms with Gasteiger partial charge in [0, 0.05) is 54.7 Å². The highest BCUT2D eigenvalue weighted by atomic mass is 35.5. The van der Waals surface area contributed by atoms with Crippen molar-refractivity contribution in [3.8, 4) is 0 Å². The van der Waals surface area contributed by atoms with E-state index in [-0.39, 0.29) is 5.91 Å². The molecule has 0 spiro atoms. The average molecular weight is 437 g/mol. The molecule has 2 N–H and O–H groups in total. The standard InChI is InChI=1S/C21H21ClN8O/c1-14-12-18(26-25-14)23-19-17-6-3-7-30(17)27-21(24-19)29-10-8-28(9-11-29)20(31)15-4-2-5-16(22)13-15/h2-7,12-13H,8-11H2,1H3,(H2,23,24,25,26,27). The summed E-state index contributed by atoms with van der Waals surface area (Å²) in [5, 5.41) is 15.6. The number of carbonyl (C=O) groups excluding carboxylic acids is 1. The second-order valence-electron chi connectivity index (χ2n) is 7.45. The lowest BCUT2D eigenvalue weighted by atomic mass is 10.2. The molecule has 0 saturated carbocycles. The number of nitrogens with one attached hydrogen (secondary N) is 2. The zero-order chi connectivity index (χ0) is 21.4. The van der Waals surface area contributed by atoms with Gasteiger partial charge >= 0.3 is 0 Å². The van der Waals surface area contributed by atoms with Crippen molar-refractivity contribution in [2.75, 3.05) is 36.4 Å². The third-order valence-corrected chi connectivity index (χ3v) is 5.49. The van der Waals surface area contributed by atoms with E-state index in [9.17, 15) is 4.79 Å². The van der Waals surface area contributed by atoms with Gasteiger partial charge in [-0.25, -0.2) is 4.52 Å². The minimum atomic E-state index is -0.0137. The van der Waals surface area contributed by atoms with Gasteiger partial charge in [-0.2, -0.15) is 10.1 Å². The normalized spacial score (nSPS) is 14.3. The van der Waals surface area contributed by atoms with Crippen molar-refractivity contribution in [3.63, 3.8) is 0 Å². The van der Waals surface area contributed by atoms with Gasteiger partial charge in [0.2, 0.25) is 5.95 Å². The summed E-state index contributed by atoms with van der Waals surface area (Å²) in [5.74, 6) is 1.97. The molecule has 5 rings (SSSR count). The van der Waals surface area contributed by atoms with E-state index in [1.54, 1.807) is 28.8 Å². The van der Waals surface area contributed by atoms with Crippen LogP contribution in [0.25, 0.3) is 5.52 Å². The molecule has 1 aliphatic heterocycles. The molecule has 31 heavy (non-hydrogen) atoms. The third kappa shape index (κ3) is 3.91. The number of amides is 1. The van der Waals surface area contributed by atoms with E-state index in [2.05, 4.69) is 25.5 Å². The minimum Gasteiger partial charge on any atom is -0.336 e. The average Bonchev–Trinajstić information content (AvgIpc) is 3.42. The molecular formula is C21H21ClN8O. The summed E-state index contributed by atoms with van der Waals surface area (Å²) in [6, 6.07) is 12.8. The Balaban J connectivity index is 1.34. The summed E-state index contributed by atoms with van der Waals surface area (Å²) in [7, 11) is 0. The molecule has 0 radical (unpaired) electrons. The largest absolute Gasteiger partial charge is 0.336 e. The van der Waals surface area contributed by atoms with Crippen LogP contribution in [0.1, 0.15) is 16.1 Å². The third-order valence-electron chi connectivity index (χ3n) is 5.25. The van der Waals surface area contributed by atoms with Crippen molar-refractivity contribution >= 4 is 40.6 Å². The Labute approximate surface area is 183 Å². The first kappa shape index (κ1) is 19.4. The number of halogens is 1. The number of anilines is 3. The van der Waals surface area contributed by atoms with Crippen molar-refractivity contribution < 1.29 is 4.79 Å². The molecule has 0 unspecified atom stereocenters.